The lowest BCUT2D eigenvalue weighted by Gasteiger charge is -2.44. The second-order valence-electron chi connectivity index (χ2n) is 7.27. The Morgan fingerprint density at radius 2 is 1.88 bits per heavy atom. The highest BCUT2D eigenvalue weighted by Crippen LogP contribution is 2.31. The van der Waals surface area contributed by atoms with E-state index in [-0.39, 0.29) is 12.6 Å². The molecule has 26 heavy (non-hydrogen) atoms. The van der Waals surface area contributed by atoms with Crippen molar-refractivity contribution in [3.63, 3.8) is 0 Å². The zero-order valence-electron chi connectivity index (χ0n) is 14.1. The van der Waals surface area contributed by atoms with Crippen LogP contribution >= 0.6 is 0 Å². The number of amides is 3. The van der Waals surface area contributed by atoms with Crippen LogP contribution in [0.15, 0.2) is 0 Å². The van der Waals surface area contributed by atoms with E-state index in [4.69, 9.17) is 9.39 Å². The molecule has 0 saturated carbocycles. The van der Waals surface area contributed by atoms with Crippen molar-refractivity contribution in [2.24, 2.45) is 5.92 Å². The summed E-state index contributed by atoms with van der Waals surface area (Å²) in [6, 6.07) is -2.03. The molecule has 146 valence electrons. The van der Waals surface area contributed by atoms with Crippen LogP contribution in [0.5, 0.6) is 0 Å². The van der Waals surface area contributed by atoms with Crippen molar-refractivity contribution < 1.29 is 31.7 Å². The van der Waals surface area contributed by atoms with Crippen molar-refractivity contribution in [3.05, 3.63) is 0 Å². The Morgan fingerprint density at radius 1 is 1.15 bits per heavy atom. The van der Waals surface area contributed by atoms with Gasteiger partial charge >= 0.3 is 16.4 Å². The topological polar surface area (TPSA) is 129 Å². The monoisotopic (exact) mass is 390 g/mol. The largest absolute Gasteiger partial charge is 0.418 e. The Morgan fingerprint density at radius 3 is 2.50 bits per heavy atom. The fourth-order valence-corrected chi connectivity index (χ4v) is 4.74. The SMILES string of the molecule is O=C(NOC1CN2CCC1CC2)C1CCC2CN1C(=O)N2OS(=O)(=O)O. The lowest BCUT2D eigenvalue weighted by atomic mass is 9.86. The third-order valence-electron chi connectivity index (χ3n) is 5.71. The highest BCUT2D eigenvalue weighted by molar-refractivity contribution is 7.80. The molecule has 5 rings (SSSR count). The van der Waals surface area contributed by atoms with Crippen LogP contribution in [-0.2, 0) is 24.3 Å². The van der Waals surface area contributed by atoms with Gasteiger partial charge in [-0.3, -0.25) is 14.2 Å². The lowest BCUT2D eigenvalue weighted by Crippen LogP contribution is -2.55. The number of nitrogens with zero attached hydrogens (tertiary/aromatic N) is 3. The highest BCUT2D eigenvalue weighted by atomic mass is 32.3. The number of carbonyl (C=O) groups is 2. The Labute approximate surface area is 151 Å². The summed E-state index contributed by atoms with van der Waals surface area (Å²) in [6.07, 6.45) is 2.80. The molecule has 0 radical (unpaired) electrons. The van der Waals surface area contributed by atoms with Crippen LogP contribution in [-0.4, -0.2) is 84.1 Å². The molecule has 5 aliphatic heterocycles. The number of hydrogen-bond donors (Lipinski definition) is 2. The van der Waals surface area contributed by atoms with Crippen molar-refractivity contribution in [1.82, 2.24) is 20.3 Å². The first-order valence-electron chi connectivity index (χ1n) is 8.76. The standard InChI is InChI=1S/C14H22N4O7S/c19-13(15-24-12-8-16-5-3-9(12)4-6-16)11-2-1-10-7-17(11)14(20)18(10)25-26(21,22)23/h9-12H,1-8H2,(H,15,19)(H,21,22,23). The number of nitrogens with one attached hydrogen (secondary N) is 1. The lowest BCUT2D eigenvalue weighted by molar-refractivity contribution is -0.155. The van der Waals surface area contributed by atoms with E-state index in [0.29, 0.717) is 23.8 Å². The van der Waals surface area contributed by atoms with Crippen LogP contribution < -0.4 is 5.48 Å². The molecule has 5 heterocycles. The fraction of sp³-hybridized carbons (Fsp3) is 0.857. The van der Waals surface area contributed by atoms with E-state index in [1.807, 2.05) is 0 Å². The molecule has 0 aromatic heterocycles. The number of carbonyl (C=O) groups excluding carboxylic acids is 2. The number of piperidine rings is 4. The first-order valence-corrected chi connectivity index (χ1v) is 10.1. The average molecular weight is 390 g/mol. The van der Waals surface area contributed by atoms with Gasteiger partial charge in [0, 0.05) is 13.1 Å². The molecule has 5 saturated heterocycles. The Balaban J connectivity index is 1.35. The quantitative estimate of drug-likeness (QED) is 0.458. The maximum Gasteiger partial charge on any atom is 0.418 e. The van der Waals surface area contributed by atoms with Gasteiger partial charge in [0.05, 0.1) is 6.04 Å². The third-order valence-corrected chi connectivity index (χ3v) is 6.06. The van der Waals surface area contributed by atoms with Crippen LogP contribution in [0.3, 0.4) is 0 Å². The van der Waals surface area contributed by atoms with Crippen molar-refractivity contribution in [2.75, 3.05) is 26.2 Å². The van der Waals surface area contributed by atoms with Gasteiger partial charge in [-0.2, -0.15) is 13.5 Å². The molecule has 2 N–H and O–H groups in total. The molecule has 0 spiro atoms. The van der Waals surface area contributed by atoms with Gasteiger partial charge in [-0.1, -0.05) is 0 Å². The smallest absolute Gasteiger partial charge is 0.309 e. The molecule has 5 fully saturated rings. The third kappa shape index (κ3) is 3.39. The van der Waals surface area contributed by atoms with E-state index in [2.05, 4.69) is 14.7 Å². The van der Waals surface area contributed by atoms with Crippen LogP contribution in [0.4, 0.5) is 4.79 Å². The van der Waals surface area contributed by atoms with Crippen LogP contribution in [0.1, 0.15) is 25.7 Å². The predicted octanol–water partition coefficient (Wildman–Crippen LogP) is -0.869. The molecule has 3 atom stereocenters. The zero-order valence-corrected chi connectivity index (χ0v) is 14.9. The van der Waals surface area contributed by atoms with Crippen LogP contribution in [0.25, 0.3) is 0 Å². The molecule has 11 nitrogen and oxygen atoms in total. The summed E-state index contributed by atoms with van der Waals surface area (Å²) in [7, 11) is -4.80. The number of hydroxylamine groups is 3. The van der Waals surface area contributed by atoms with E-state index in [1.54, 1.807) is 0 Å². The molecule has 0 aromatic carbocycles. The molecule has 3 amide bonds. The number of fused-ring (bicyclic) bond motifs is 5. The predicted molar refractivity (Wildman–Crippen MR) is 85.6 cm³/mol. The van der Waals surface area contributed by atoms with Gasteiger partial charge in [-0.15, -0.1) is 4.28 Å². The summed E-state index contributed by atoms with van der Waals surface area (Å²) in [5.41, 5.74) is 2.49. The summed E-state index contributed by atoms with van der Waals surface area (Å²) >= 11 is 0. The molecule has 12 heteroatoms. The minimum Gasteiger partial charge on any atom is -0.309 e. The molecular weight excluding hydrogens is 368 g/mol. The highest BCUT2D eigenvalue weighted by Gasteiger charge is 2.49. The van der Waals surface area contributed by atoms with Crippen molar-refractivity contribution in [2.45, 2.75) is 43.9 Å². The molecular formula is C14H22N4O7S. The summed E-state index contributed by atoms with van der Waals surface area (Å²) in [5.74, 6) is 0.00468. The first-order chi connectivity index (χ1) is 12.3. The van der Waals surface area contributed by atoms with Crippen molar-refractivity contribution in [1.29, 1.82) is 0 Å². The van der Waals surface area contributed by atoms with Crippen LogP contribution in [0.2, 0.25) is 0 Å². The molecule has 5 aliphatic rings. The normalized spacial score (nSPS) is 36.5. The summed E-state index contributed by atoms with van der Waals surface area (Å²) in [5, 5.41) is 0.622. The number of hydrogen-bond acceptors (Lipinski definition) is 7. The minimum atomic E-state index is -4.80. The van der Waals surface area contributed by atoms with E-state index in [1.165, 1.54) is 4.90 Å². The minimum absolute atomic E-state index is 0.0496. The van der Waals surface area contributed by atoms with Gasteiger partial charge in [0.2, 0.25) is 0 Å². The van der Waals surface area contributed by atoms with Gasteiger partial charge < -0.3 is 9.80 Å². The maximum absolute atomic E-state index is 12.5. The maximum atomic E-state index is 12.5. The summed E-state index contributed by atoms with van der Waals surface area (Å²) in [4.78, 5) is 34.0. The second kappa shape index (κ2) is 6.60. The summed E-state index contributed by atoms with van der Waals surface area (Å²) < 4.78 is 34.9. The molecule has 0 aromatic rings. The number of urea groups is 1. The fourth-order valence-electron chi connectivity index (χ4n) is 4.35. The molecule has 3 unspecified atom stereocenters. The number of rotatable bonds is 5. The first kappa shape index (κ1) is 17.9. The zero-order chi connectivity index (χ0) is 18.5. The van der Waals surface area contributed by atoms with Gasteiger partial charge in [0.25, 0.3) is 5.91 Å². The van der Waals surface area contributed by atoms with Gasteiger partial charge in [0.15, 0.2) is 0 Å². The Hall–Kier alpha value is -1.47. The van der Waals surface area contributed by atoms with Crippen molar-refractivity contribution in [3.8, 4) is 0 Å². The average Bonchev–Trinajstić information content (AvgIpc) is 2.84. The van der Waals surface area contributed by atoms with Gasteiger partial charge in [-0.05, 0) is 44.7 Å². The van der Waals surface area contributed by atoms with E-state index >= 15 is 0 Å². The summed E-state index contributed by atoms with van der Waals surface area (Å²) in [6.45, 7) is 3.07. The van der Waals surface area contributed by atoms with Crippen molar-refractivity contribution >= 4 is 22.3 Å². The van der Waals surface area contributed by atoms with E-state index in [9.17, 15) is 18.0 Å². The molecule has 0 aliphatic carbocycles. The molecule has 4 bridgehead atoms. The Kier molecular flexibility index (Phi) is 4.55. The van der Waals surface area contributed by atoms with Crippen LogP contribution in [0, 0.1) is 5.92 Å². The second-order valence-corrected chi connectivity index (χ2v) is 8.28. The Bertz CT molecular complexity index is 693. The van der Waals surface area contributed by atoms with E-state index < -0.39 is 34.4 Å². The van der Waals surface area contributed by atoms with Gasteiger partial charge in [-0.25, -0.2) is 10.3 Å². The van der Waals surface area contributed by atoms with E-state index in [0.717, 1.165) is 32.5 Å². The van der Waals surface area contributed by atoms with Gasteiger partial charge in [0.1, 0.15) is 12.1 Å².